The summed E-state index contributed by atoms with van der Waals surface area (Å²) < 4.78 is 43.5. The van der Waals surface area contributed by atoms with Crippen LogP contribution in [0.25, 0.3) is 22.3 Å². The quantitative estimate of drug-likeness (QED) is 0.0679. The van der Waals surface area contributed by atoms with Gasteiger partial charge in [-0.15, -0.1) is 11.8 Å². The number of benzene rings is 1. The molecule has 4 aromatic heterocycles. The molecule has 6 heterocycles. The lowest BCUT2D eigenvalue weighted by Crippen LogP contribution is -2.50. The van der Waals surface area contributed by atoms with Crippen LogP contribution in [0, 0.1) is 5.92 Å². The highest BCUT2D eigenvalue weighted by Crippen LogP contribution is 2.56. The number of imidazole rings is 2. The van der Waals surface area contributed by atoms with Crippen LogP contribution in [0.4, 0.5) is 16.2 Å². The Bertz CT molecular complexity index is 2560. The maximum Gasteiger partial charge on any atom is 0.325 e. The number of anilines is 2. The Kier molecular flexibility index (Phi) is 13.2. The number of aromatic amines is 1. The Hall–Kier alpha value is -4.07. The van der Waals surface area contributed by atoms with E-state index in [-0.39, 0.29) is 51.6 Å². The third-order valence-corrected chi connectivity index (χ3v) is 18.6. The molecule has 2 aliphatic rings. The summed E-state index contributed by atoms with van der Waals surface area (Å²) in [4.78, 5) is 74.1. The Labute approximate surface area is 364 Å². The summed E-state index contributed by atoms with van der Waals surface area (Å²) in [5, 5.41) is 25.2. The summed E-state index contributed by atoms with van der Waals surface area (Å²) in [6, 6.07) is 8.44. The molecule has 0 spiro atoms. The van der Waals surface area contributed by atoms with Gasteiger partial charge in [0.15, 0.2) is 48.9 Å². The van der Waals surface area contributed by atoms with E-state index in [4.69, 9.17) is 30.0 Å². The predicted molar refractivity (Wildman–Crippen MR) is 233 cm³/mol. The van der Waals surface area contributed by atoms with Gasteiger partial charge in [-0.2, -0.15) is 4.98 Å². The van der Waals surface area contributed by atoms with E-state index in [1.54, 1.807) is 44.2 Å². The van der Waals surface area contributed by atoms with Crippen molar-refractivity contribution in [2.24, 2.45) is 5.92 Å². The van der Waals surface area contributed by atoms with E-state index in [0.717, 1.165) is 0 Å². The Morgan fingerprint density at radius 1 is 1.06 bits per heavy atom. The van der Waals surface area contributed by atoms with Crippen molar-refractivity contribution in [1.29, 1.82) is 0 Å². The lowest BCUT2D eigenvalue weighted by molar-refractivity contribution is -0.118. The lowest BCUT2D eigenvalue weighted by Gasteiger charge is -2.41. The number of carbonyl (C=O) groups excluding carboxylic acids is 2. The first-order chi connectivity index (χ1) is 29.2. The minimum atomic E-state index is -4.33. The minimum absolute atomic E-state index is 0.0473. The number of aliphatic hydroxyl groups excluding tert-OH is 2. The highest BCUT2D eigenvalue weighted by Gasteiger charge is 2.53. The number of alkyl halides is 1. The highest BCUT2D eigenvalue weighted by atomic mass is 32.5. The predicted octanol–water partition coefficient (Wildman–Crippen LogP) is 4.02. The van der Waals surface area contributed by atoms with E-state index < -0.39 is 86.5 Å². The maximum atomic E-state index is 15.9. The molecule has 0 bridgehead atoms. The van der Waals surface area contributed by atoms with E-state index in [0.29, 0.717) is 5.56 Å². The molecule has 2 unspecified atom stereocenters. The van der Waals surface area contributed by atoms with Crippen molar-refractivity contribution in [2.75, 3.05) is 23.8 Å². The largest absolute Gasteiger partial charge is 0.410 e. The van der Waals surface area contributed by atoms with E-state index in [9.17, 15) is 29.5 Å². The molecule has 0 radical (unpaired) electrons. The number of halogens is 1. The molecule has 9 atom stereocenters. The van der Waals surface area contributed by atoms with Crippen LogP contribution < -0.4 is 16.2 Å². The smallest absolute Gasteiger partial charge is 0.325 e. The number of hydrogen-bond donors (Lipinski definition) is 6. The molecular weight excluding hydrogens is 887 g/mol. The number of rotatable bonds is 14. The van der Waals surface area contributed by atoms with Gasteiger partial charge >= 0.3 is 6.72 Å². The number of amides is 2. The average Bonchev–Trinajstić information content (AvgIpc) is 3.98. The first-order valence-corrected chi connectivity index (χ1v) is 26.0. The van der Waals surface area contributed by atoms with Crippen LogP contribution in [0.1, 0.15) is 56.6 Å². The van der Waals surface area contributed by atoms with Crippen LogP contribution in [-0.4, -0.2) is 123 Å². The maximum absolute atomic E-state index is 15.9. The number of aliphatic hydroxyl groups is 2. The lowest BCUT2D eigenvalue weighted by atomic mass is 10.1. The van der Waals surface area contributed by atoms with E-state index in [1.807, 2.05) is 33.9 Å². The monoisotopic (exact) mass is 934 g/mol. The molecule has 62 heavy (non-hydrogen) atoms. The summed E-state index contributed by atoms with van der Waals surface area (Å²) in [6.07, 6.45) is -4.89. The van der Waals surface area contributed by atoms with Crippen LogP contribution in [0.15, 0.2) is 54.1 Å². The van der Waals surface area contributed by atoms with Gasteiger partial charge in [-0.05, 0) is 42.1 Å². The molecule has 0 aliphatic carbocycles. The second kappa shape index (κ2) is 17.8. The van der Waals surface area contributed by atoms with Crippen molar-refractivity contribution in [3.63, 3.8) is 0 Å². The topological polar surface area (TPSA) is 263 Å². The number of hydrogen-bond acceptors (Lipinski definition) is 16. The van der Waals surface area contributed by atoms with E-state index >= 15 is 4.39 Å². The number of fused-ring (bicyclic) bond motifs is 2. The number of ether oxygens (including phenoxy) is 1. The third-order valence-electron chi connectivity index (χ3n) is 11.0. The average molecular weight is 935 g/mol. The number of carbonyl (C=O) groups is 2. The highest BCUT2D eigenvalue weighted by molar-refractivity contribution is 8.07. The van der Waals surface area contributed by atoms with Gasteiger partial charge in [0.25, 0.3) is 11.5 Å². The van der Waals surface area contributed by atoms with Crippen LogP contribution in [0.3, 0.4) is 0 Å². The Morgan fingerprint density at radius 3 is 2.44 bits per heavy atom. The van der Waals surface area contributed by atoms with Gasteiger partial charge in [0, 0.05) is 11.5 Å². The normalized spacial score (nSPS) is 25.4. The molecule has 7 rings (SSSR count). The summed E-state index contributed by atoms with van der Waals surface area (Å²) in [5.41, 5.74) is 0.0243. The van der Waals surface area contributed by atoms with Gasteiger partial charge < -0.3 is 34.1 Å². The zero-order chi connectivity index (χ0) is 44.9. The second-order valence-corrected chi connectivity index (χ2v) is 25.6. The SMILES string of the molecule is CC(C)C(=O)Nc1nc2c(ncn2[C@@H]2SC(CO)[C@@H](O[Si](C)(C)C(C)(C)C)[C@H]2OP(O)(=S)OC[C@H]2O[C@@H](n3cnc4c(NC(=O)c5ccccc5)ncnc43)[C@@H](F)[C@@H]2O)c(=O)[nH]1. The summed E-state index contributed by atoms with van der Waals surface area (Å²) in [5.74, 6) is -1.29. The van der Waals surface area contributed by atoms with Gasteiger partial charge in [0.1, 0.15) is 30.0 Å². The van der Waals surface area contributed by atoms with Crippen LogP contribution >= 0.6 is 18.5 Å². The van der Waals surface area contributed by atoms with E-state index in [1.165, 1.54) is 39.9 Å². The van der Waals surface area contributed by atoms with Gasteiger partial charge in [-0.3, -0.25) is 38.3 Å². The fourth-order valence-electron chi connectivity index (χ4n) is 6.60. The number of nitrogens with zero attached hydrogens (tertiary/aromatic N) is 7. The van der Waals surface area contributed by atoms with Crippen molar-refractivity contribution in [2.45, 2.75) is 100 Å². The number of aromatic nitrogens is 8. The summed E-state index contributed by atoms with van der Waals surface area (Å²) in [6.45, 7) is 8.18. The molecule has 2 fully saturated rings. The molecule has 334 valence electrons. The second-order valence-electron chi connectivity index (χ2n) is 16.7. The zero-order valence-electron chi connectivity index (χ0n) is 34.7. The summed E-state index contributed by atoms with van der Waals surface area (Å²) in [7, 11) is -2.62. The zero-order valence-corrected chi connectivity index (χ0v) is 38.2. The third kappa shape index (κ3) is 9.27. The Balaban J connectivity index is 1.13. The van der Waals surface area contributed by atoms with Crippen LogP contribution in [0.5, 0.6) is 0 Å². The fourth-order valence-corrected chi connectivity index (χ4v) is 11.0. The Morgan fingerprint density at radius 2 is 1.76 bits per heavy atom. The van der Waals surface area contributed by atoms with Gasteiger partial charge in [-0.1, -0.05) is 52.8 Å². The molecule has 2 amide bonds. The molecule has 1 aromatic carbocycles. The first-order valence-electron chi connectivity index (χ1n) is 19.6. The first kappa shape index (κ1) is 45.9. The molecule has 25 heteroatoms. The standard InChI is InChI=1S/C37H48FN10O10PS2Si/c1-18(2)31(51)45-36-44-30-24(33(53)46-36)42-17-48(30)35-27(26(21(13-49)61-35)58-62(6,7)37(3,4)5)57-59(54,60)55-14-20-25(50)22(38)34(56-20)47-16-41-23-28(39-15-40-29(23)47)43-32(52)19-11-9-8-10-12-19/h8-12,15-18,20-22,25-27,34-35,49-50H,13-14H2,1-7H3,(H,54,60)(H,39,40,43,52)(H2,44,45,46,51,53)/t20-,21?,22+,25-,26-,27-,34-,35-,59?/m1/s1. The van der Waals surface area contributed by atoms with Crippen molar-refractivity contribution in [3.05, 3.63) is 65.2 Å². The summed E-state index contributed by atoms with van der Waals surface area (Å²) >= 11 is 6.76. The molecule has 6 N–H and O–H groups in total. The molecule has 0 saturated carbocycles. The molecule has 20 nitrogen and oxygen atoms in total. The van der Waals surface area contributed by atoms with Crippen LogP contribution in [0.2, 0.25) is 18.1 Å². The molecule has 2 aliphatic heterocycles. The van der Waals surface area contributed by atoms with Crippen molar-refractivity contribution < 1.29 is 47.3 Å². The fraction of sp³-hybridized carbons (Fsp3) is 0.514. The number of thioether (sulfide) groups is 1. The van der Waals surface area contributed by atoms with Crippen molar-refractivity contribution >= 4 is 84.5 Å². The van der Waals surface area contributed by atoms with Crippen molar-refractivity contribution in [1.82, 2.24) is 39.0 Å². The molecular formula is C37H48FN10O10PS2Si. The number of nitrogens with one attached hydrogen (secondary N) is 3. The van der Waals surface area contributed by atoms with Crippen LogP contribution in [-0.2, 0) is 34.8 Å². The van der Waals surface area contributed by atoms with Crippen molar-refractivity contribution in [3.8, 4) is 0 Å². The number of H-pyrrole nitrogens is 1. The van der Waals surface area contributed by atoms with Gasteiger partial charge in [-0.25, -0.2) is 24.3 Å². The van der Waals surface area contributed by atoms with E-state index in [2.05, 4.69) is 40.5 Å². The molecule has 5 aromatic rings. The minimum Gasteiger partial charge on any atom is -0.410 e. The molecule has 2 saturated heterocycles. The van der Waals surface area contributed by atoms with Gasteiger partial charge in [0.2, 0.25) is 11.9 Å². The van der Waals surface area contributed by atoms with Gasteiger partial charge in [0.05, 0.1) is 37.2 Å².